The Morgan fingerprint density at radius 3 is 2.50 bits per heavy atom. The lowest BCUT2D eigenvalue weighted by Crippen LogP contribution is -2.29. The molecule has 0 aromatic rings. The molecule has 0 bridgehead atoms. The smallest absolute Gasteiger partial charge is 0.404 e. The standard InChI is InChI=1S/C7H14N2O3/c1-2-5(3-6(8)10)4-9-7(11)12/h5,9H,2-4H2,1H3,(H2,8,10)(H,11,12). The Bertz CT molecular complexity index is 170. The average Bonchev–Trinajstić information content (AvgIpc) is 1.97. The van der Waals surface area contributed by atoms with Crippen molar-refractivity contribution in [3.05, 3.63) is 0 Å². The zero-order valence-electron chi connectivity index (χ0n) is 7.04. The number of primary amides is 1. The summed E-state index contributed by atoms with van der Waals surface area (Å²) < 4.78 is 0. The molecule has 0 saturated heterocycles. The second-order valence-corrected chi connectivity index (χ2v) is 2.63. The molecule has 0 radical (unpaired) electrons. The first-order chi connectivity index (χ1) is 5.56. The van der Waals surface area contributed by atoms with Gasteiger partial charge in [0.05, 0.1) is 0 Å². The van der Waals surface area contributed by atoms with Gasteiger partial charge in [0, 0.05) is 13.0 Å². The number of nitrogens with one attached hydrogen (secondary N) is 1. The minimum absolute atomic E-state index is 0.0126. The normalized spacial score (nSPS) is 12.1. The molecule has 0 aliphatic heterocycles. The fourth-order valence-corrected chi connectivity index (χ4v) is 0.877. The Kier molecular flexibility index (Phi) is 4.83. The molecule has 0 aromatic heterocycles. The van der Waals surface area contributed by atoms with Crippen LogP contribution in [0.25, 0.3) is 0 Å². The molecule has 1 unspecified atom stereocenters. The molecule has 2 amide bonds. The number of carboxylic acid groups (broad SMARTS) is 1. The second-order valence-electron chi connectivity index (χ2n) is 2.63. The monoisotopic (exact) mass is 174 g/mol. The van der Waals surface area contributed by atoms with Gasteiger partial charge in [0.25, 0.3) is 0 Å². The molecule has 0 saturated carbocycles. The molecular formula is C7H14N2O3. The van der Waals surface area contributed by atoms with E-state index < -0.39 is 12.0 Å². The Hall–Kier alpha value is -1.26. The fourth-order valence-electron chi connectivity index (χ4n) is 0.877. The van der Waals surface area contributed by atoms with Gasteiger partial charge in [0.1, 0.15) is 0 Å². The van der Waals surface area contributed by atoms with E-state index in [0.717, 1.165) is 6.42 Å². The van der Waals surface area contributed by atoms with E-state index in [9.17, 15) is 9.59 Å². The third-order valence-electron chi connectivity index (χ3n) is 1.61. The predicted octanol–water partition coefficient (Wildman–Crippen LogP) is 0.156. The maximum atomic E-state index is 10.5. The Labute approximate surface area is 70.9 Å². The highest BCUT2D eigenvalue weighted by Gasteiger charge is 2.10. The first-order valence-corrected chi connectivity index (χ1v) is 3.81. The van der Waals surface area contributed by atoms with Crippen LogP contribution in [0.1, 0.15) is 19.8 Å². The van der Waals surface area contributed by atoms with Gasteiger partial charge in [-0.25, -0.2) is 4.79 Å². The van der Waals surface area contributed by atoms with Gasteiger partial charge in [-0.1, -0.05) is 13.3 Å². The summed E-state index contributed by atoms with van der Waals surface area (Å²) in [6, 6.07) is 0. The molecule has 70 valence electrons. The number of carbonyl (C=O) groups is 2. The summed E-state index contributed by atoms with van der Waals surface area (Å²) in [4.78, 5) is 20.5. The van der Waals surface area contributed by atoms with E-state index in [4.69, 9.17) is 10.8 Å². The Balaban J connectivity index is 3.67. The van der Waals surface area contributed by atoms with Crippen LogP contribution in [-0.2, 0) is 4.79 Å². The Morgan fingerprint density at radius 1 is 1.58 bits per heavy atom. The highest BCUT2D eigenvalue weighted by molar-refractivity contribution is 5.74. The molecule has 12 heavy (non-hydrogen) atoms. The average molecular weight is 174 g/mol. The largest absolute Gasteiger partial charge is 0.465 e. The van der Waals surface area contributed by atoms with E-state index in [-0.39, 0.29) is 18.9 Å². The summed E-state index contributed by atoms with van der Waals surface area (Å²) in [6.45, 7) is 2.17. The number of amides is 2. The van der Waals surface area contributed by atoms with E-state index in [1.807, 2.05) is 6.92 Å². The highest BCUT2D eigenvalue weighted by atomic mass is 16.4. The van der Waals surface area contributed by atoms with Crippen molar-refractivity contribution in [2.75, 3.05) is 6.54 Å². The van der Waals surface area contributed by atoms with E-state index >= 15 is 0 Å². The van der Waals surface area contributed by atoms with Gasteiger partial charge < -0.3 is 16.2 Å². The molecular weight excluding hydrogens is 160 g/mol. The van der Waals surface area contributed by atoms with Crippen molar-refractivity contribution in [2.45, 2.75) is 19.8 Å². The number of hydrogen-bond acceptors (Lipinski definition) is 2. The molecule has 1 atom stereocenters. The molecule has 0 aliphatic carbocycles. The van der Waals surface area contributed by atoms with Crippen molar-refractivity contribution in [3.8, 4) is 0 Å². The van der Waals surface area contributed by atoms with Crippen molar-refractivity contribution in [1.82, 2.24) is 5.32 Å². The molecule has 0 fully saturated rings. The van der Waals surface area contributed by atoms with Crippen LogP contribution in [0, 0.1) is 5.92 Å². The van der Waals surface area contributed by atoms with Crippen molar-refractivity contribution < 1.29 is 14.7 Å². The fraction of sp³-hybridized carbons (Fsp3) is 0.714. The third kappa shape index (κ3) is 5.52. The van der Waals surface area contributed by atoms with Crippen LogP contribution in [0.15, 0.2) is 0 Å². The lowest BCUT2D eigenvalue weighted by Gasteiger charge is -2.11. The summed E-state index contributed by atoms with van der Waals surface area (Å²) in [6.07, 6.45) is -0.0991. The molecule has 5 nitrogen and oxygen atoms in total. The van der Waals surface area contributed by atoms with Crippen LogP contribution in [0.2, 0.25) is 0 Å². The van der Waals surface area contributed by atoms with Gasteiger partial charge in [0.2, 0.25) is 5.91 Å². The van der Waals surface area contributed by atoms with Gasteiger partial charge in [0.15, 0.2) is 0 Å². The molecule has 0 spiro atoms. The first-order valence-electron chi connectivity index (χ1n) is 3.81. The van der Waals surface area contributed by atoms with Crippen LogP contribution in [0.5, 0.6) is 0 Å². The third-order valence-corrected chi connectivity index (χ3v) is 1.61. The Morgan fingerprint density at radius 2 is 2.17 bits per heavy atom. The first kappa shape index (κ1) is 10.7. The lowest BCUT2D eigenvalue weighted by molar-refractivity contribution is -0.118. The summed E-state index contributed by atoms with van der Waals surface area (Å²) in [5, 5.41) is 10.5. The van der Waals surface area contributed by atoms with Crippen molar-refractivity contribution in [2.24, 2.45) is 11.7 Å². The van der Waals surface area contributed by atoms with Crippen molar-refractivity contribution in [3.63, 3.8) is 0 Å². The quantitative estimate of drug-likeness (QED) is 0.554. The van der Waals surface area contributed by atoms with Gasteiger partial charge in [-0.05, 0) is 5.92 Å². The molecule has 0 aliphatic rings. The summed E-state index contributed by atoms with van der Waals surface area (Å²) in [5.74, 6) is -0.382. The van der Waals surface area contributed by atoms with E-state index in [2.05, 4.69) is 5.32 Å². The predicted molar refractivity (Wildman–Crippen MR) is 43.6 cm³/mol. The highest BCUT2D eigenvalue weighted by Crippen LogP contribution is 2.05. The van der Waals surface area contributed by atoms with Gasteiger partial charge in [-0.3, -0.25) is 4.79 Å². The van der Waals surface area contributed by atoms with Gasteiger partial charge in [-0.2, -0.15) is 0 Å². The molecule has 0 aromatic carbocycles. The second kappa shape index (κ2) is 5.40. The van der Waals surface area contributed by atoms with E-state index in [1.54, 1.807) is 0 Å². The summed E-state index contributed by atoms with van der Waals surface area (Å²) in [7, 11) is 0. The van der Waals surface area contributed by atoms with Gasteiger partial charge in [-0.15, -0.1) is 0 Å². The van der Waals surface area contributed by atoms with Crippen LogP contribution in [0.3, 0.4) is 0 Å². The topological polar surface area (TPSA) is 92.4 Å². The SMILES string of the molecule is CCC(CNC(=O)O)CC(N)=O. The zero-order chi connectivity index (χ0) is 9.56. The summed E-state index contributed by atoms with van der Waals surface area (Å²) in [5.41, 5.74) is 4.96. The van der Waals surface area contributed by atoms with Crippen LogP contribution < -0.4 is 11.1 Å². The molecule has 0 rings (SSSR count). The minimum atomic E-state index is -1.07. The number of carbonyl (C=O) groups excluding carboxylic acids is 1. The van der Waals surface area contributed by atoms with E-state index in [0.29, 0.717) is 0 Å². The number of rotatable bonds is 5. The molecule has 0 heterocycles. The van der Waals surface area contributed by atoms with Crippen molar-refractivity contribution in [1.29, 1.82) is 0 Å². The number of hydrogen-bond donors (Lipinski definition) is 3. The molecule has 5 heteroatoms. The minimum Gasteiger partial charge on any atom is -0.465 e. The maximum absolute atomic E-state index is 10.5. The number of nitrogens with two attached hydrogens (primary N) is 1. The zero-order valence-corrected chi connectivity index (χ0v) is 7.04. The summed E-state index contributed by atoms with van der Waals surface area (Å²) >= 11 is 0. The van der Waals surface area contributed by atoms with Crippen molar-refractivity contribution >= 4 is 12.0 Å². The van der Waals surface area contributed by atoms with Crippen LogP contribution in [0.4, 0.5) is 4.79 Å². The van der Waals surface area contributed by atoms with Crippen LogP contribution >= 0.6 is 0 Å². The van der Waals surface area contributed by atoms with E-state index in [1.165, 1.54) is 0 Å². The molecule has 4 N–H and O–H groups in total. The lowest BCUT2D eigenvalue weighted by atomic mass is 10.0. The van der Waals surface area contributed by atoms with Crippen LogP contribution in [-0.4, -0.2) is 23.7 Å². The maximum Gasteiger partial charge on any atom is 0.404 e. The van der Waals surface area contributed by atoms with Gasteiger partial charge >= 0.3 is 6.09 Å².